The lowest BCUT2D eigenvalue weighted by atomic mass is 9.62. The van der Waals surface area contributed by atoms with Crippen LogP contribution >= 0.6 is 0 Å². The minimum atomic E-state index is -0.336. The second-order valence-electron chi connectivity index (χ2n) is 12.5. The van der Waals surface area contributed by atoms with Crippen molar-refractivity contribution in [3.8, 4) is 0 Å². The first-order valence-corrected chi connectivity index (χ1v) is 12.8. The summed E-state index contributed by atoms with van der Waals surface area (Å²) in [5.41, 5.74) is 0.527. The molecule has 0 amide bonds. The van der Waals surface area contributed by atoms with Crippen LogP contribution in [0, 0.1) is 40.9 Å². The summed E-state index contributed by atoms with van der Waals surface area (Å²) in [5.74, 6) is 4.29. The van der Waals surface area contributed by atoms with Gasteiger partial charge in [0.2, 0.25) is 0 Å². The Kier molecular flexibility index (Phi) is 5.80. The summed E-state index contributed by atoms with van der Waals surface area (Å²) >= 11 is 0. The van der Waals surface area contributed by atoms with Gasteiger partial charge in [-0.2, -0.15) is 0 Å². The van der Waals surface area contributed by atoms with E-state index < -0.39 is 0 Å². The lowest BCUT2D eigenvalue weighted by Gasteiger charge is -2.46. The van der Waals surface area contributed by atoms with E-state index in [1.807, 2.05) is 0 Å². The normalized spacial score (nSPS) is 51.3. The number of fused-ring (bicyclic) bond motifs is 4. The zero-order chi connectivity index (χ0) is 20.2. The Bertz CT molecular complexity index is 556. The van der Waals surface area contributed by atoms with E-state index in [-0.39, 0.29) is 18.1 Å². The molecule has 9 atom stereocenters. The van der Waals surface area contributed by atoms with Crippen molar-refractivity contribution in [2.45, 2.75) is 116 Å². The molecule has 5 rings (SSSR count). The van der Waals surface area contributed by atoms with Crippen molar-refractivity contribution in [2.75, 3.05) is 6.61 Å². The molecule has 4 bridgehead atoms. The molecule has 0 aliphatic heterocycles. The highest BCUT2D eigenvalue weighted by Gasteiger charge is 2.48. The molecule has 1 N–H and O–H groups in total. The van der Waals surface area contributed by atoms with E-state index in [2.05, 4.69) is 20.8 Å². The molecular formula is C26H44O3. The maximum atomic E-state index is 11.1. The Labute approximate surface area is 178 Å². The van der Waals surface area contributed by atoms with Gasteiger partial charge in [0.15, 0.2) is 0 Å². The van der Waals surface area contributed by atoms with Crippen LogP contribution < -0.4 is 0 Å². The number of hydrogen-bond acceptors (Lipinski definition) is 3. The van der Waals surface area contributed by atoms with Crippen LogP contribution in [-0.2, 0) is 9.47 Å². The number of hydrogen-bond donors (Lipinski definition) is 1. The molecule has 5 aliphatic carbocycles. The van der Waals surface area contributed by atoms with Crippen LogP contribution in [0.2, 0.25) is 0 Å². The van der Waals surface area contributed by atoms with Crippen molar-refractivity contribution < 1.29 is 14.6 Å². The summed E-state index contributed by atoms with van der Waals surface area (Å²) in [7, 11) is 0. The monoisotopic (exact) mass is 404 g/mol. The molecule has 166 valence electrons. The maximum absolute atomic E-state index is 11.1. The fraction of sp³-hybridized carbons (Fsp3) is 1.00. The Balaban J connectivity index is 1.12. The van der Waals surface area contributed by atoms with Crippen molar-refractivity contribution in [3.05, 3.63) is 0 Å². The molecule has 0 saturated heterocycles. The number of ether oxygens (including phenoxy) is 2. The van der Waals surface area contributed by atoms with Gasteiger partial charge in [-0.1, -0.05) is 27.2 Å². The van der Waals surface area contributed by atoms with Crippen molar-refractivity contribution in [3.63, 3.8) is 0 Å². The maximum Gasteiger partial charge on any atom is 0.0852 e. The third-order valence-corrected chi connectivity index (χ3v) is 9.59. The van der Waals surface area contributed by atoms with Gasteiger partial charge < -0.3 is 14.6 Å². The van der Waals surface area contributed by atoms with Gasteiger partial charge in [0.05, 0.1) is 31.0 Å². The molecular weight excluding hydrogens is 360 g/mol. The highest BCUT2D eigenvalue weighted by atomic mass is 16.5. The molecule has 9 unspecified atom stereocenters. The SMILES string of the molecule is CC1C2CCC(C2)C1OC1CCCC(COC2CC3CC(C2)CC(C)(C)C3)C1O. The average Bonchev–Trinajstić information content (AvgIpc) is 3.23. The molecule has 5 aliphatic rings. The Morgan fingerprint density at radius 2 is 1.62 bits per heavy atom. The van der Waals surface area contributed by atoms with E-state index in [1.165, 1.54) is 57.8 Å². The Hall–Kier alpha value is -0.120. The van der Waals surface area contributed by atoms with E-state index in [9.17, 15) is 5.11 Å². The lowest BCUT2D eigenvalue weighted by Crippen LogP contribution is -2.46. The molecule has 3 heteroatoms. The summed E-state index contributed by atoms with van der Waals surface area (Å²) in [6, 6.07) is 0. The quantitative estimate of drug-likeness (QED) is 0.649. The second-order valence-corrected chi connectivity index (χ2v) is 12.5. The molecule has 0 spiro atoms. The smallest absolute Gasteiger partial charge is 0.0852 e. The van der Waals surface area contributed by atoms with E-state index in [0.717, 1.165) is 43.1 Å². The van der Waals surface area contributed by atoms with Gasteiger partial charge in [0, 0.05) is 5.92 Å². The van der Waals surface area contributed by atoms with Crippen molar-refractivity contribution in [1.82, 2.24) is 0 Å². The van der Waals surface area contributed by atoms with Crippen LogP contribution in [0.25, 0.3) is 0 Å². The van der Waals surface area contributed by atoms with Gasteiger partial charge in [-0.25, -0.2) is 0 Å². The Morgan fingerprint density at radius 3 is 2.31 bits per heavy atom. The molecule has 0 heterocycles. The lowest BCUT2D eigenvalue weighted by molar-refractivity contribution is -0.152. The summed E-state index contributed by atoms with van der Waals surface area (Å²) in [4.78, 5) is 0. The minimum Gasteiger partial charge on any atom is -0.390 e. The molecule has 0 aromatic carbocycles. The van der Waals surface area contributed by atoms with Crippen LogP contribution in [0.1, 0.15) is 91.4 Å². The van der Waals surface area contributed by atoms with Crippen molar-refractivity contribution in [2.24, 2.45) is 40.9 Å². The van der Waals surface area contributed by atoms with Gasteiger partial charge in [0.1, 0.15) is 0 Å². The largest absolute Gasteiger partial charge is 0.390 e. The molecule has 3 nitrogen and oxygen atoms in total. The molecule has 0 radical (unpaired) electrons. The minimum absolute atomic E-state index is 0.0377. The molecule has 0 aromatic rings. The van der Waals surface area contributed by atoms with Gasteiger partial charge >= 0.3 is 0 Å². The Morgan fingerprint density at radius 1 is 0.897 bits per heavy atom. The molecule has 0 aromatic heterocycles. The van der Waals surface area contributed by atoms with Gasteiger partial charge in [-0.15, -0.1) is 0 Å². The average molecular weight is 405 g/mol. The molecule has 29 heavy (non-hydrogen) atoms. The number of aliphatic hydroxyl groups excluding tert-OH is 1. The molecule has 5 fully saturated rings. The third-order valence-electron chi connectivity index (χ3n) is 9.59. The van der Waals surface area contributed by atoms with Crippen LogP contribution in [0.3, 0.4) is 0 Å². The van der Waals surface area contributed by atoms with Crippen LogP contribution in [0.15, 0.2) is 0 Å². The predicted octanol–water partition coefficient (Wildman–Crippen LogP) is 5.59. The van der Waals surface area contributed by atoms with E-state index in [4.69, 9.17) is 9.47 Å². The zero-order valence-electron chi connectivity index (χ0n) is 19.0. The van der Waals surface area contributed by atoms with E-state index in [1.54, 1.807) is 0 Å². The fourth-order valence-electron chi connectivity index (χ4n) is 8.40. The van der Waals surface area contributed by atoms with Crippen LogP contribution in [-0.4, -0.2) is 36.1 Å². The van der Waals surface area contributed by atoms with Crippen molar-refractivity contribution >= 4 is 0 Å². The number of aliphatic hydroxyl groups is 1. The van der Waals surface area contributed by atoms with E-state index in [0.29, 0.717) is 23.5 Å². The van der Waals surface area contributed by atoms with Gasteiger partial charge in [0.25, 0.3) is 0 Å². The zero-order valence-corrected chi connectivity index (χ0v) is 19.0. The highest BCUT2D eigenvalue weighted by molar-refractivity contribution is 4.97. The molecule has 5 saturated carbocycles. The third kappa shape index (κ3) is 4.30. The first-order valence-electron chi connectivity index (χ1n) is 12.8. The second kappa shape index (κ2) is 8.10. The number of rotatable bonds is 5. The summed E-state index contributed by atoms with van der Waals surface area (Å²) in [6.07, 6.45) is 14.6. The first kappa shape index (κ1) is 20.8. The fourth-order valence-corrected chi connectivity index (χ4v) is 8.40. The van der Waals surface area contributed by atoms with E-state index >= 15 is 0 Å². The van der Waals surface area contributed by atoms with Crippen molar-refractivity contribution in [1.29, 1.82) is 0 Å². The predicted molar refractivity (Wildman–Crippen MR) is 116 cm³/mol. The van der Waals surface area contributed by atoms with Crippen LogP contribution in [0.4, 0.5) is 0 Å². The summed E-state index contributed by atoms with van der Waals surface area (Å²) < 4.78 is 13.1. The summed E-state index contributed by atoms with van der Waals surface area (Å²) in [5, 5.41) is 11.1. The van der Waals surface area contributed by atoms with Gasteiger partial charge in [-0.05, 0) is 99.2 Å². The highest BCUT2D eigenvalue weighted by Crippen LogP contribution is 2.51. The summed E-state index contributed by atoms with van der Waals surface area (Å²) in [6.45, 7) is 8.01. The standard InChI is InChI=1S/C26H44O3/c1-16-19-7-8-20(12-19)25(16)29-23-6-4-5-21(24(23)27)15-28-22-10-17-9-18(11-22)14-26(2,3)13-17/h16-25,27H,4-15H2,1-3H3. The topological polar surface area (TPSA) is 38.7 Å². The van der Waals surface area contributed by atoms with Crippen LogP contribution in [0.5, 0.6) is 0 Å². The first-order chi connectivity index (χ1) is 13.9. The van der Waals surface area contributed by atoms with Gasteiger partial charge in [-0.3, -0.25) is 0 Å².